The lowest BCUT2D eigenvalue weighted by Gasteiger charge is -2.11. The van der Waals surface area contributed by atoms with Gasteiger partial charge in [-0.3, -0.25) is 0 Å². The van der Waals surface area contributed by atoms with Crippen molar-refractivity contribution in [2.45, 2.75) is 6.61 Å². The zero-order chi connectivity index (χ0) is 21.6. The minimum atomic E-state index is -0.275. The van der Waals surface area contributed by atoms with E-state index in [0.717, 1.165) is 22.4 Å². The van der Waals surface area contributed by atoms with Gasteiger partial charge in [0.2, 0.25) is 0 Å². The fourth-order valence-corrected chi connectivity index (χ4v) is 3.20. The number of imidazole rings is 1. The van der Waals surface area contributed by atoms with Gasteiger partial charge < -0.3 is 14.5 Å². The van der Waals surface area contributed by atoms with E-state index in [-0.39, 0.29) is 5.82 Å². The third kappa shape index (κ3) is 5.07. The predicted octanol–water partition coefficient (Wildman–Crippen LogP) is 5.82. The average molecular weight is 434 g/mol. The molecular weight excluding hydrogens is 413 g/mol. The molecule has 4 rings (SSSR count). The molecule has 0 bridgehead atoms. The second-order valence-corrected chi connectivity index (χ2v) is 7.14. The van der Waals surface area contributed by atoms with Crippen LogP contribution < -0.4 is 9.47 Å². The molecule has 1 N–H and O–H groups in total. The molecule has 0 saturated heterocycles. The van der Waals surface area contributed by atoms with Crippen molar-refractivity contribution in [3.8, 4) is 22.8 Å². The number of aromatic nitrogens is 2. The molecule has 1 aromatic heterocycles. The number of nitrogens with one attached hydrogen (secondary N) is 1. The minimum absolute atomic E-state index is 0.275. The van der Waals surface area contributed by atoms with Gasteiger partial charge in [-0.15, -0.1) is 0 Å². The van der Waals surface area contributed by atoms with Crippen LogP contribution in [0, 0.1) is 10.6 Å². The Balaban J connectivity index is 1.49. The van der Waals surface area contributed by atoms with Crippen molar-refractivity contribution in [3.05, 3.63) is 101 Å². The molecule has 0 unspecified atom stereocenters. The first-order valence-electron chi connectivity index (χ1n) is 9.59. The van der Waals surface area contributed by atoms with E-state index < -0.39 is 0 Å². The summed E-state index contributed by atoms with van der Waals surface area (Å²) in [5, 5.41) is 4.45. The van der Waals surface area contributed by atoms with Crippen LogP contribution in [0.1, 0.15) is 11.1 Å². The molecule has 5 nitrogen and oxygen atoms in total. The van der Waals surface area contributed by atoms with E-state index >= 15 is 0 Å². The highest BCUT2D eigenvalue weighted by Gasteiger charge is 2.07. The summed E-state index contributed by atoms with van der Waals surface area (Å²) in [5.74, 6) is 0.894. The average Bonchev–Trinajstić information content (AvgIpc) is 3.18. The summed E-state index contributed by atoms with van der Waals surface area (Å²) < 4.78 is 26.4. The van der Waals surface area contributed by atoms with Crippen LogP contribution in [0.15, 0.2) is 84.1 Å². The zero-order valence-corrected chi connectivity index (χ0v) is 17.6. The van der Waals surface area contributed by atoms with Gasteiger partial charge in [0.15, 0.2) is 16.3 Å². The summed E-state index contributed by atoms with van der Waals surface area (Å²) in [4.78, 5) is 3.16. The van der Waals surface area contributed by atoms with Crippen LogP contribution >= 0.6 is 12.2 Å². The molecule has 0 radical (unpaired) electrons. The summed E-state index contributed by atoms with van der Waals surface area (Å²) in [6.45, 7) is 0.310. The molecular formula is C24H20FN3O2S. The topological polar surface area (TPSA) is 51.5 Å². The van der Waals surface area contributed by atoms with Gasteiger partial charge in [0.1, 0.15) is 12.4 Å². The Morgan fingerprint density at radius 2 is 1.81 bits per heavy atom. The van der Waals surface area contributed by atoms with Crippen LogP contribution in [0.4, 0.5) is 4.39 Å². The highest BCUT2D eigenvalue weighted by molar-refractivity contribution is 7.71. The number of nitrogens with zero attached hydrogens (tertiary/aromatic N) is 2. The third-order valence-electron chi connectivity index (χ3n) is 4.61. The summed E-state index contributed by atoms with van der Waals surface area (Å²) in [6, 6.07) is 21.6. The SMILES string of the molecule is COc1cc(/C=N/n2cc(-c3ccccc3)[nH]c2=S)ccc1OCc1ccc(F)cc1. The second kappa shape index (κ2) is 9.40. The van der Waals surface area contributed by atoms with Crippen LogP contribution in [-0.2, 0) is 6.61 Å². The van der Waals surface area contributed by atoms with Crippen molar-refractivity contribution in [1.29, 1.82) is 0 Å². The molecule has 3 aromatic carbocycles. The van der Waals surface area contributed by atoms with E-state index in [2.05, 4.69) is 10.1 Å². The number of halogens is 1. The summed E-state index contributed by atoms with van der Waals surface area (Å²) in [7, 11) is 1.58. The first kappa shape index (κ1) is 20.6. The summed E-state index contributed by atoms with van der Waals surface area (Å²) in [5.41, 5.74) is 3.62. The van der Waals surface area contributed by atoms with Crippen LogP contribution in [0.5, 0.6) is 11.5 Å². The lowest BCUT2D eigenvalue weighted by molar-refractivity contribution is 0.284. The standard InChI is InChI=1S/C24H20FN3O2S/c1-29-23-13-18(9-12-22(23)30-16-17-7-10-20(25)11-8-17)14-26-28-15-21(27-24(28)31)19-5-3-2-4-6-19/h2-15H,16H2,1H3,(H,27,31)/b26-14+. The quantitative estimate of drug-likeness (QED) is 0.295. The van der Waals surface area contributed by atoms with Gasteiger partial charge in [0, 0.05) is 0 Å². The van der Waals surface area contributed by atoms with Gasteiger partial charge in [-0.25, -0.2) is 9.07 Å². The highest BCUT2D eigenvalue weighted by atomic mass is 32.1. The van der Waals surface area contributed by atoms with E-state index in [1.165, 1.54) is 12.1 Å². The van der Waals surface area contributed by atoms with Crippen molar-refractivity contribution >= 4 is 18.4 Å². The molecule has 4 aromatic rings. The van der Waals surface area contributed by atoms with E-state index in [1.54, 1.807) is 30.1 Å². The summed E-state index contributed by atoms with van der Waals surface area (Å²) >= 11 is 5.37. The number of benzene rings is 3. The maximum atomic E-state index is 13.0. The van der Waals surface area contributed by atoms with Crippen molar-refractivity contribution in [1.82, 2.24) is 9.66 Å². The number of aromatic amines is 1. The summed E-state index contributed by atoms with van der Waals surface area (Å²) in [6.07, 6.45) is 3.55. The van der Waals surface area contributed by atoms with Crippen LogP contribution in [0.3, 0.4) is 0 Å². The Morgan fingerprint density at radius 1 is 1.03 bits per heavy atom. The van der Waals surface area contributed by atoms with Crippen molar-refractivity contribution in [3.63, 3.8) is 0 Å². The Hall–Kier alpha value is -3.71. The number of ether oxygens (including phenoxy) is 2. The van der Waals surface area contributed by atoms with Gasteiger partial charge >= 0.3 is 0 Å². The van der Waals surface area contributed by atoms with E-state index in [9.17, 15) is 4.39 Å². The second-order valence-electron chi connectivity index (χ2n) is 6.75. The highest BCUT2D eigenvalue weighted by Crippen LogP contribution is 2.28. The first-order chi connectivity index (χ1) is 15.1. The zero-order valence-electron chi connectivity index (χ0n) is 16.8. The van der Waals surface area contributed by atoms with Crippen molar-refractivity contribution in [2.24, 2.45) is 5.10 Å². The Morgan fingerprint density at radius 3 is 2.55 bits per heavy atom. The lowest BCUT2D eigenvalue weighted by Crippen LogP contribution is -1.99. The van der Waals surface area contributed by atoms with E-state index in [4.69, 9.17) is 21.7 Å². The number of methoxy groups -OCH3 is 1. The van der Waals surface area contributed by atoms with Crippen molar-refractivity contribution < 1.29 is 13.9 Å². The molecule has 0 spiro atoms. The molecule has 0 amide bonds. The molecule has 0 saturated carbocycles. The van der Waals surface area contributed by atoms with Crippen molar-refractivity contribution in [2.75, 3.05) is 7.11 Å². The van der Waals surface area contributed by atoms with Gasteiger partial charge in [-0.2, -0.15) is 5.10 Å². The van der Waals surface area contributed by atoms with Gasteiger partial charge in [-0.05, 0) is 59.2 Å². The van der Waals surface area contributed by atoms with Gasteiger partial charge in [0.25, 0.3) is 0 Å². The fourth-order valence-electron chi connectivity index (χ4n) is 2.99. The van der Waals surface area contributed by atoms with Crippen LogP contribution in [0.2, 0.25) is 0 Å². The van der Waals surface area contributed by atoms with Crippen LogP contribution in [0.25, 0.3) is 11.3 Å². The maximum Gasteiger partial charge on any atom is 0.198 e. The largest absolute Gasteiger partial charge is 0.493 e. The number of hydrogen-bond donors (Lipinski definition) is 1. The monoisotopic (exact) mass is 433 g/mol. The van der Waals surface area contributed by atoms with Gasteiger partial charge in [-0.1, -0.05) is 42.5 Å². The lowest BCUT2D eigenvalue weighted by atomic mass is 10.2. The molecule has 156 valence electrons. The Bertz CT molecular complexity index is 1250. The van der Waals surface area contributed by atoms with E-state index in [1.807, 2.05) is 54.7 Å². The minimum Gasteiger partial charge on any atom is -0.493 e. The third-order valence-corrected chi connectivity index (χ3v) is 4.90. The normalized spacial score (nSPS) is 11.0. The number of hydrogen-bond acceptors (Lipinski definition) is 4. The smallest absolute Gasteiger partial charge is 0.198 e. The van der Waals surface area contributed by atoms with E-state index in [0.29, 0.717) is 22.9 Å². The molecule has 0 atom stereocenters. The number of rotatable bonds is 7. The number of H-pyrrole nitrogens is 1. The van der Waals surface area contributed by atoms with Gasteiger partial charge in [0.05, 0.1) is 25.2 Å². The molecule has 7 heteroatoms. The maximum absolute atomic E-state index is 13.0. The molecule has 1 heterocycles. The Kier molecular flexibility index (Phi) is 6.24. The first-order valence-corrected chi connectivity index (χ1v) is 10.00. The predicted molar refractivity (Wildman–Crippen MR) is 122 cm³/mol. The molecule has 0 aliphatic heterocycles. The molecule has 0 aliphatic rings. The molecule has 31 heavy (non-hydrogen) atoms. The Labute approximate surface area is 184 Å². The fraction of sp³-hybridized carbons (Fsp3) is 0.0833. The van der Waals surface area contributed by atoms with Crippen LogP contribution in [-0.4, -0.2) is 23.0 Å². The molecule has 0 aliphatic carbocycles. The molecule has 0 fully saturated rings.